The molecule has 2 amide bonds. The van der Waals surface area contributed by atoms with Crippen molar-refractivity contribution in [2.75, 3.05) is 13.1 Å². The first kappa shape index (κ1) is 22.1. The molecule has 0 bridgehead atoms. The SMILES string of the molecule is NC(=O)c1ccsc1CCC(=O)N([C@H]1CCCNCC1=O)S(=O)(=O)c1ccccn1. The maximum atomic E-state index is 13.3. The number of carbonyl (C=O) groups is 3. The molecular formula is C19H22N4O5S2. The zero-order valence-electron chi connectivity index (χ0n) is 16.1. The van der Waals surface area contributed by atoms with Crippen LogP contribution in [0, 0.1) is 0 Å². The molecule has 1 saturated heterocycles. The quantitative estimate of drug-likeness (QED) is 0.633. The van der Waals surface area contributed by atoms with Gasteiger partial charge in [-0.25, -0.2) is 9.29 Å². The van der Waals surface area contributed by atoms with Crippen LogP contribution in [-0.4, -0.2) is 54.4 Å². The highest BCUT2D eigenvalue weighted by Crippen LogP contribution is 2.24. The van der Waals surface area contributed by atoms with E-state index in [0.29, 0.717) is 27.7 Å². The van der Waals surface area contributed by atoms with Crippen molar-refractivity contribution in [3.05, 3.63) is 46.3 Å². The number of hydrogen-bond acceptors (Lipinski definition) is 8. The number of nitrogens with one attached hydrogen (secondary N) is 1. The molecule has 1 atom stereocenters. The molecule has 2 aromatic heterocycles. The maximum absolute atomic E-state index is 13.3. The number of primary amides is 1. The van der Waals surface area contributed by atoms with Crippen molar-refractivity contribution in [2.45, 2.75) is 36.8 Å². The Labute approximate surface area is 178 Å². The molecule has 9 nitrogen and oxygen atoms in total. The molecule has 1 aliphatic heterocycles. The van der Waals surface area contributed by atoms with Gasteiger partial charge < -0.3 is 11.1 Å². The molecule has 0 spiro atoms. The Morgan fingerprint density at radius 2 is 2.10 bits per heavy atom. The van der Waals surface area contributed by atoms with E-state index >= 15 is 0 Å². The van der Waals surface area contributed by atoms with Gasteiger partial charge in [-0.2, -0.15) is 8.42 Å². The molecule has 0 unspecified atom stereocenters. The number of nitrogens with zero attached hydrogens (tertiary/aromatic N) is 2. The van der Waals surface area contributed by atoms with Crippen LogP contribution in [0.25, 0.3) is 0 Å². The van der Waals surface area contributed by atoms with E-state index in [-0.39, 0.29) is 36.6 Å². The number of sulfonamides is 1. The van der Waals surface area contributed by atoms with Gasteiger partial charge in [0.1, 0.15) is 6.04 Å². The van der Waals surface area contributed by atoms with E-state index in [0.717, 1.165) is 0 Å². The molecule has 0 saturated carbocycles. The smallest absolute Gasteiger partial charge is 0.284 e. The Morgan fingerprint density at radius 1 is 1.30 bits per heavy atom. The molecule has 0 radical (unpaired) electrons. The predicted molar refractivity (Wildman–Crippen MR) is 110 cm³/mol. The second-order valence-corrected chi connectivity index (χ2v) is 9.55. The molecule has 1 fully saturated rings. The lowest BCUT2D eigenvalue weighted by molar-refractivity contribution is -0.133. The average molecular weight is 451 g/mol. The fourth-order valence-electron chi connectivity index (χ4n) is 3.32. The van der Waals surface area contributed by atoms with E-state index in [1.54, 1.807) is 17.5 Å². The molecule has 160 valence electrons. The number of carbonyl (C=O) groups excluding carboxylic acids is 3. The largest absolute Gasteiger partial charge is 0.366 e. The second-order valence-electron chi connectivity index (χ2n) is 6.79. The highest BCUT2D eigenvalue weighted by atomic mass is 32.2. The Bertz CT molecular complexity index is 1040. The van der Waals surface area contributed by atoms with Crippen LogP contribution in [0.3, 0.4) is 0 Å². The molecule has 0 aliphatic carbocycles. The van der Waals surface area contributed by atoms with E-state index in [1.807, 2.05) is 0 Å². The van der Waals surface area contributed by atoms with Crippen LogP contribution < -0.4 is 11.1 Å². The number of rotatable bonds is 7. The van der Waals surface area contributed by atoms with Crippen molar-refractivity contribution in [2.24, 2.45) is 5.73 Å². The van der Waals surface area contributed by atoms with Gasteiger partial charge in [0.25, 0.3) is 10.0 Å². The van der Waals surface area contributed by atoms with Gasteiger partial charge in [0.15, 0.2) is 10.8 Å². The minimum absolute atomic E-state index is 0.0110. The van der Waals surface area contributed by atoms with Crippen LogP contribution in [0.5, 0.6) is 0 Å². The molecule has 3 heterocycles. The van der Waals surface area contributed by atoms with Gasteiger partial charge in [-0.15, -0.1) is 11.3 Å². The fraction of sp³-hybridized carbons (Fsp3) is 0.368. The summed E-state index contributed by atoms with van der Waals surface area (Å²) in [6.07, 6.45) is 2.05. The molecule has 0 aromatic carbocycles. The summed E-state index contributed by atoms with van der Waals surface area (Å²) in [5, 5.41) is 4.33. The Hall–Kier alpha value is -2.63. The lowest BCUT2D eigenvalue weighted by atomic mass is 10.1. The molecule has 2 aromatic rings. The Morgan fingerprint density at radius 3 is 2.80 bits per heavy atom. The standard InChI is InChI=1S/C19H22N4O5S2/c20-19(26)13-8-11-29-16(13)6-7-18(25)23(14-4-3-9-21-12-15(14)24)30(27,28)17-5-1-2-10-22-17/h1-2,5,8,10-11,14,21H,3-4,6-7,9,12H2,(H2,20,26)/t14-/m0/s1. The van der Waals surface area contributed by atoms with Crippen LogP contribution in [0.15, 0.2) is 40.9 Å². The summed E-state index contributed by atoms with van der Waals surface area (Å²) in [7, 11) is -4.33. The van der Waals surface area contributed by atoms with Gasteiger partial charge in [-0.1, -0.05) is 6.07 Å². The van der Waals surface area contributed by atoms with E-state index in [4.69, 9.17) is 5.73 Å². The summed E-state index contributed by atoms with van der Waals surface area (Å²) < 4.78 is 27.2. The van der Waals surface area contributed by atoms with Crippen molar-refractivity contribution in [3.63, 3.8) is 0 Å². The van der Waals surface area contributed by atoms with Crippen LogP contribution in [-0.2, 0) is 26.0 Å². The number of Topliss-reactive ketones (excluding diaryl/α,β-unsaturated/α-hetero) is 1. The lowest BCUT2D eigenvalue weighted by Gasteiger charge is -2.29. The summed E-state index contributed by atoms with van der Waals surface area (Å²) in [6, 6.07) is 4.83. The van der Waals surface area contributed by atoms with Crippen molar-refractivity contribution in [1.29, 1.82) is 0 Å². The molecule has 30 heavy (non-hydrogen) atoms. The Balaban J connectivity index is 1.92. The first-order chi connectivity index (χ1) is 14.3. The number of nitrogens with two attached hydrogens (primary N) is 1. The van der Waals surface area contributed by atoms with Crippen LogP contribution in [0.1, 0.15) is 34.5 Å². The number of aryl methyl sites for hydroxylation is 1. The number of amides is 2. The van der Waals surface area contributed by atoms with Gasteiger partial charge in [-0.05, 0) is 49.4 Å². The molecule has 11 heteroatoms. The first-order valence-electron chi connectivity index (χ1n) is 9.40. The van der Waals surface area contributed by atoms with Crippen molar-refractivity contribution < 1.29 is 22.8 Å². The number of aromatic nitrogens is 1. The minimum Gasteiger partial charge on any atom is -0.366 e. The van der Waals surface area contributed by atoms with Crippen LogP contribution >= 0.6 is 11.3 Å². The lowest BCUT2D eigenvalue weighted by Crippen LogP contribution is -2.49. The maximum Gasteiger partial charge on any atom is 0.284 e. The van der Waals surface area contributed by atoms with Gasteiger partial charge in [0.2, 0.25) is 11.8 Å². The van der Waals surface area contributed by atoms with Gasteiger partial charge in [-0.3, -0.25) is 14.4 Å². The number of ketones is 1. The molecule has 3 rings (SSSR count). The highest BCUT2D eigenvalue weighted by molar-refractivity contribution is 7.89. The van der Waals surface area contributed by atoms with E-state index in [9.17, 15) is 22.8 Å². The summed E-state index contributed by atoms with van der Waals surface area (Å²) in [5.41, 5.74) is 5.65. The predicted octanol–water partition coefficient (Wildman–Crippen LogP) is 0.713. The van der Waals surface area contributed by atoms with Gasteiger partial charge in [0.05, 0.1) is 12.1 Å². The van der Waals surface area contributed by atoms with Crippen LogP contribution in [0.2, 0.25) is 0 Å². The van der Waals surface area contributed by atoms with Crippen LogP contribution in [0.4, 0.5) is 0 Å². The Kier molecular flexibility index (Phi) is 6.95. The molecule has 1 aliphatic rings. The van der Waals surface area contributed by atoms with Crippen molar-refractivity contribution in [3.8, 4) is 0 Å². The van der Waals surface area contributed by atoms with E-state index < -0.39 is 27.9 Å². The summed E-state index contributed by atoms with van der Waals surface area (Å²) >= 11 is 1.26. The zero-order chi connectivity index (χ0) is 21.7. The summed E-state index contributed by atoms with van der Waals surface area (Å²) in [4.78, 5) is 41.7. The molecular weight excluding hydrogens is 428 g/mol. The topological polar surface area (TPSA) is 140 Å². The average Bonchev–Trinajstić information content (AvgIpc) is 3.11. The summed E-state index contributed by atoms with van der Waals surface area (Å²) in [5.74, 6) is -1.69. The van der Waals surface area contributed by atoms with E-state index in [2.05, 4.69) is 10.3 Å². The number of thiophene rings is 1. The summed E-state index contributed by atoms with van der Waals surface area (Å²) in [6.45, 7) is 0.550. The minimum atomic E-state index is -4.33. The second kappa shape index (κ2) is 9.45. The third-order valence-electron chi connectivity index (χ3n) is 4.77. The van der Waals surface area contributed by atoms with Gasteiger partial charge in [0, 0.05) is 17.5 Å². The molecule has 3 N–H and O–H groups in total. The normalized spacial score (nSPS) is 17.3. The van der Waals surface area contributed by atoms with Crippen molar-refractivity contribution in [1.82, 2.24) is 14.6 Å². The number of hydrogen-bond donors (Lipinski definition) is 2. The monoisotopic (exact) mass is 450 g/mol. The zero-order valence-corrected chi connectivity index (χ0v) is 17.7. The third-order valence-corrected chi connectivity index (χ3v) is 7.50. The highest BCUT2D eigenvalue weighted by Gasteiger charge is 2.40. The van der Waals surface area contributed by atoms with E-state index in [1.165, 1.54) is 29.7 Å². The number of pyridine rings is 1. The fourth-order valence-corrected chi connectivity index (χ4v) is 5.77. The van der Waals surface area contributed by atoms with Gasteiger partial charge >= 0.3 is 0 Å². The first-order valence-corrected chi connectivity index (χ1v) is 11.7. The van der Waals surface area contributed by atoms with Crippen molar-refractivity contribution >= 4 is 39.0 Å². The third kappa shape index (κ3) is 4.74.